The second kappa shape index (κ2) is 13.4. The van der Waals surface area contributed by atoms with E-state index in [1.54, 1.807) is 13.0 Å². The Morgan fingerprint density at radius 3 is 2.15 bits per heavy atom. The van der Waals surface area contributed by atoms with Crippen LogP contribution in [0.4, 0.5) is 13.2 Å². The van der Waals surface area contributed by atoms with Crippen molar-refractivity contribution in [2.45, 2.75) is 32.2 Å². The van der Waals surface area contributed by atoms with E-state index in [-0.39, 0.29) is 13.2 Å². The van der Waals surface area contributed by atoms with Gasteiger partial charge in [0.2, 0.25) is 0 Å². The highest BCUT2D eigenvalue weighted by Crippen LogP contribution is 2.31. The van der Waals surface area contributed by atoms with E-state index in [0.29, 0.717) is 12.1 Å². The first-order valence-electron chi connectivity index (χ1n) is 12.1. The van der Waals surface area contributed by atoms with E-state index < -0.39 is 35.7 Å². The molecule has 3 aromatic carbocycles. The second-order valence-electron chi connectivity index (χ2n) is 8.59. The summed E-state index contributed by atoms with van der Waals surface area (Å²) >= 11 is 0. The first-order valence-corrected chi connectivity index (χ1v) is 12.1. The molecule has 1 heterocycles. The summed E-state index contributed by atoms with van der Waals surface area (Å²) in [6, 6.07) is 22.0. The Hall–Kier alpha value is -4.64. The Morgan fingerprint density at radius 2 is 1.52 bits per heavy atom. The summed E-state index contributed by atoms with van der Waals surface area (Å²) in [5, 5.41) is 18.8. The molecule has 0 aliphatic heterocycles. The van der Waals surface area contributed by atoms with E-state index in [9.17, 15) is 18.0 Å². The van der Waals surface area contributed by atoms with Crippen molar-refractivity contribution >= 4 is 28.8 Å². The molecule has 1 aromatic heterocycles. The molecule has 0 aliphatic carbocycles. The van der Waals surface area contributed by atoms with E-state index in [0.717, 1.165) is 34.2 Å². The van der Waals surface area contributed by atoms with Gasteiger partial charge in [0.1, 0.15) is 6.04 Å². The van der Waals surface area contributed by atoms with E-state index >= 15 is 0 Å². The van der Waals surface area contributed by atoms with Crippen molar-refractivity contribution in [2.24, 2.45) is 0 Å². The van der Waals surface area contributed by atoms with Crippen LogP contribution in [0, 0.1) is 0 Å². The highest BCUT2D eigenvalue weighted by Gasteiger charge is 2.31. The summed E-state index contributed by atoms with van der Waals surface area (Å²) in [6.45, 7) is 2.61. The standard InChI is InChI=1S/C27H25F3N2O2.C2H2O4/c1-2-34-26(33)25(31-16-20-11-8-12-21(15-20)27(28,29)30)23-18-32(17-19-9-4-3-5-10-19)24-14-7-6-13-22(23)24;3-1(4)2(5)6/h3-15,18,25,31H,2,16-17H2,1H3;(H,3,4)(H,5,6). The Bertz CT molecular complexity index is 1460. The summed E-state index contributed by atoms with van der Waals surface area (Å²) in [4.78, 5) is 31.1. The van der Waals surface area contributed by atoms with Crippen LogP contribution in [0.15, 0.2) is 85.1 Å². The third-order valence-electron chi connectivity index (χ3n) is 5.80. The molecule has 0 saturated carbocycles. The molecule has 0 bridgehead atoms. The monoisotopic (exact) mass is 556 g/mol. The maximum atomic E-state index is 13.1. The lowest BCUT2D eigenvalue weighted by Crippen LogP contribution is -2.30. The number of aromatic nitrogens is 1. The van der Waals surface area contributed by atoms with Crippen LogP contribution in [0.3, 0.4) is 0 Å². The van der Waals surface area contributed by atoms with Crippen molar-refractivity contribution in [2.75, 3.05) is 6.61 Å². The fourth-order valence-corrected chi connectivity index (χ4v) is 4.04. The molecule has 210 valence electrons. The highest BCUT2D eigenvalue weighted by atomic mass is 19.4. The molecule has 0 fully saturated rings. The molecule has 4 aromatic rings. The second-order valence-corrected chi connectivity index (χ2v) is 8.59. The number of ether oxygens (including phenoxy) is 1. The van der Waals surface area contributed by atoms with Gasteiger partial charge in [0, 0.05) is 35.8 Å². The number of carbonyl (C=O) groups excluding carboxylic acids is 1. The van der Waals surface area contributed by atoms with Gasteiger partial charge in [0.25, 0.3) is 0 Å². The lowest BCUT2D eigenvalue weighted by atomic mass is 10.0. The molecular formula is C29H27F3N2O6. The maximum Gasteiger partial charge on any atom is 0.416 e. The molecule has 4 rings (SSSR count). The quantitative estimate of drug-likeness (QED) is 0.200. The molecule has 1 unspecified atom stereocenters. The Labute approximate surface area is 227 Å². The third kappa shape index (κ3) is 7.93. The summed E-state index contributed by atoms with van der Waals surface area (Å²) in [6.07, 6.45) is -2.51. The minimum atomic E-state index is -4.43. The number of benzene rings is 3. The molecule has 0 amide bonds. The summed E-state index contributed by atoms with van der Waals surface area (Å²) in [7, 11) is 0. The molecule has 0 saturated heterocycles. The van der Waals surface area contributed by atoms with Gasteiger partial charge < -0.3 is 19.5 Å². The number of nitrogens with zero attached hydrogens (tertiary/aromatic N) is 1. The predicted molar refractivity (Wildman–Crippen MR) is 140 cm³/mol. The van der Waals surface area contributed by atoms with Crippen LogP contribution < -0.4 is 5.32 Å². The Balaban J connectivity index is 0.000000663. The number of hydrogen-bond donors (Lipinski definition) is 3. The van der Waals surface area contributed by atoms with Crippen molar-refractivity contribution in [3.8, 4) is 0 Å². The number of rotatable bonds is 8. The van der Waals surface area contributed by atoms with E-state index in [1.165, 1.54) is 6.07 Å². The topological polar surface area (TPSA) is 118 Å². The van der Waals surface area contributed by atoms with E-state index in [2.05, 4.69) is 9.88 Å². The van der Waals surface area contributed by atoms with Gasteiger partial charge in [0.15, 0.2) is 0 Å². The predicted octanol–water partition coefficient (Wildman–Crippen LogP) is 5.26. The van der Waals surface area contributed by atoms with Gasteiger partial charge in [0.05, 0.1) is 12.2 Å². The molecule has 0 spiro atoms. The molecule has 40 heavy (non-hydrogen) atoms. The molecule has 0 radical (unpaired) electrons. The Kier molecular flexibility index (Phi) is 10.0. The van der Waals surface area contributed by atoms with Crippen LogP contribution >= 0.6 is 0 Å². The molecule has 3 N–H and O–H groups in total. The Morgan fingerprint density at radius 1 is 0.900 bits per heavy atom. The number of carboxylic acids is 2. The van der Waals surface area contributed by atoms with Gasteiger partial charge in [-0.3, -0.25) is 5.32 Å². The van der Waals surface area contributed by atoms with Gasteiger partial charge in [-0.25, -0.2) is 14.4 Å². The van der Waals surface area contributed by atoms with Crippen molar-refractivity contribution in [1.29, 1.82) is 0 Å². The van der Waals surface area contributed by atoms with Gasteiger partial charge in [-0.1, -0.05) is 66.7 Å². The number of aliphatic carboxylic acids is 2. The fourth-order valence-electron chi connectivity index (χ4n) is 4.04. The smallest absolute Gasteiger partial charge is 0.416 e. The van der Waals surface area contributed by atoms with Crippen LogP contribution in [0.2, 0.25) is 0 Å². The average Bonchev–Trinajstić information content (AvgIpc) is 3.27. The first kappa shape index (κ1) is 29.9. The highest BCUT2D eigenvalue weighted by molar-refractivity contribution is 6.27. The van der Waals surface area contributed by atoms with E-state index in [4.69, 9.17) is 24.5 Å². The van der Waals surface area contributed by atoms with Crippen LogP contribution in [-0.4, -0.2) is 39.3 Å². The minimum absolute atomic E-state index is 0.0750. The zero-order valence-electron chi connectivity index (χ0n) is 21.4. The average molecular weight is 557 g/mol. The van der Waals surface area contributed by atoms with Gasteiger partial charge in [-0.05, 0) is 30.2 Å². The molecular weight excluding hydrogens is 529 g/mol. The number of carboxylic acid groups (broad SMARTS) is 2. The van der Waals surface area contributed by atoms with Crippen molar-refractivity contribution in [3.63, 3.8) is 0 Å². The van der Waals surface area contributed by atoms with Gasteiger partial charge in [-0.15, -0.1) is 0 Å². The summed E-state index contributed by atoms with van der Waals surface area (Å²) < 4.78 is 46.7. The minimum Gasteiger partial charge on any atom is -0.473 e. The van der Waals surface area contributed by atoms with Crippen LogP contribution in [0.25, 0.3) is 10.9 Å². The molecule has 1 atom stereocenters. The van der Waals surface area contributed by atoms with Crippen molar-refractivity contribution in [1.82, 2.24) is 9.88 Å². The van der Waals surface area contributed by atoms with Crippen molar-refractivity contribution in [3.05, 3.63) is 107 Å². The third-order valence-corrected chi connectivity index (χ3v) is 5.80. The van der Waals surface area contributed by atoms with Crippen LogP contribution in [-0.2, 0) is 38.4 Å². The number of hydrogen-bond acceptors (Lipinski definition) is 5. The number of fused-ring (bicyclic) bond motifs is 1. The first-order chi connectivity index (χ1) is 19.0. The molecule has 8 nitrogen and oxygen atoms in total. The zero-order chi connectivity index (χ0) is 29.3. The number of esters is 1. The van der Waals surface area contributed by atoms with Crippen LogP contribution in [0.5, 0.6) is 0 Å². The maximum absolute atomic E-state index is 13.1. The number of para-hydroxylation sites is 1. The molecule has 11 heteroatoms. The summed E-state index contributed by atoms with van der Waals surface area (Å²) in [5.74, 6) is -4.12. The number of carbonyl (C=O) groups is 3. The zero-order valence-corrected chi connectivity index (χ0v) is 21.4. The van der Waals surface area contributed by atoms with Crippen LogP contribution in [0.1, 0.15) is 35.2 Å². The summed E-state index contributed by atoms with van der Waals surface area (Å²) in [5.41, 5.74) is 2.49. The van der Waals surface area contributed by atoms with Crippen molar-refractivity contribution < 1.29 is 42.5 Å². The normalized spacial score (nSPS) is 11.8. The number of nitrogens with one attached hydrogen (secondary N) is 1. The number of halogens is 3. The fraction of sp³-hybridized carbons (Fsp3) is 0.207. The lowest BCUT2D eigenvalue weighted by molar-refractivity contribution is -0.159. The SMILES string of the molecule is CCOC(=O)C(NCc1cccc(C(F)(F)F)c1)c1cn(Cc2ccccc2)c2ccccc12.O=C(O)C(=O)O. The lowest BCUT2D eigenvalue weighted by Gasteiger charge is -2.18. The number of alkyl halides is 3. The largest absolute Gasteiger partial charge is 0.473 e. The molecule has 0 aliphatic rings. The van der Waals surface area contributed by atoms with E-state index in [1.807, 2.05) is 60.8 Å². The van der Waals surface area contributed by atoms with Gasteiger partial charge >= 0.3 is 24.1 Å². The van der Waals surface area contributed by atoms with Gasteiger partial charge in [-0.2, -0.15) is 13.2 Å².